The molecule has 5 heteroatoms. The summed E-state index contributed by atoms with van der Waals surface area (Å²) < 4.78 is 11.1. The maximum Gasteiger partial charge on any atom is 0.407 e. The number of carbonyl (C=O) groups is 1. The van der Waals surface area contributed by atoms with Crippen molar-refractivity contribution in [2.24, 2.45) is 0 Å². The van der Waals surface area contributed by atoms with Gasteiger partial charge in [0.15, 0.2) is 0 Å². The summed E-state index contributed by atoms with van der Waals surface area (Å²) in [6.07, 6.45) is 0.340. The second-order valence-corrected chi connectivity index (χ2v) is 4.52. The molecular formula is C11H12BrNO3. The number of methoxy groups -OCH3 is 1. The number of benzene rings is 1. The van der Waals surface area contributed by atoms with E-state index in [-0.39, 0.29) is 6.04 Å². The fourth-order valence-electron chi connectivity index (χ4n) is 1.66. The van der Waals surface area contributed by atoms with Crippen molar-refractivity contribution in [1.29, 1.82) is 0 Å². The van der Waals surface area contributed by atoms with Crippen molar-refractivity contribution in [2.75, 3.05) is 13.7 Å². The Kier molecular flexibility index (Phi) is 3.33. The maximum atomic E-state index is 11.0. The number of nitrogens with one attached hydrogen (secondary N) is 1. The summed E-state index contributed by atoms with van der Waals surface area (Å²) in [6.45, 7) is 0.471. The molecule has 0 saturated carbocycles. The van der Waals surface area contributed by atoms with Gasteiger partial charge in [-0.3, -0.25) is 0 Å². The molecule has 0 bridgehead atoms. The quantitative estimate of drug-likeness (QED) is 0.860. The third-order valence-electron chi connectivity index (χ3n) is 2.44. The van der Waals surface area contributed by atoms with Crippen LogP contribution in [0.5, 0.6) is 5.75 Å². The minimum Gasteiger partial charge on any atom is -0.491 e. The Labute approximate surface area is 102 Å². The van der Waals surface area contributed by atoms with Gasteiger partial charge in [0.25, 0.3) is 0 Å². The Bertz CT molecular complexity index is 408. The minimum absolute atomic E-state index is 0.0267. The maximum absolute atomic E-state index is 11.0. The van der Waals surface area contributed by atoms with Crippen LogP contribution < -0.4 is 10.1 Å². The predicted molar refractivity (Wildman–Crippen MR) is 62.7 cm³/mol. The molecule has 1 aliphatic heterocycles. The van der Waals surface area contributed by atoms with Gasteiger partial charge < -0.3 is 14.8 Å². The highest BCUT2D eigenvalue weighted by Crippen LogP contribution is 2.28. The molecule has 1 amide bonds. The van der Waals surface area contributed by atoms with E-state index in [4.69, 9.17) is 4.74 Å². The van der Waals surface area contributed by atoms with Crippen LogP contribution >= 0.6 is 15.9 Å². The third-order valence-corrected chi connectivity index (χ3v) is 2.94. The molecule has 1 atom stereocenters. The van der Waals surface area contributed by atoms with E-state index in [1.807, 2.05) is 18.2 Å². The Morgan fingerprint density at radius 3 is 3.19 bits per heavy atom. The van der Waals surface area contributed by atoms with Crippen LogP contribution in [-0.2, 0) is 11.2 Å². The van der Waals surface area contributed by atoms with Crippen molar-refractivity contribution >= 4 is 22.0 Å². The van der Waals surface area contributed by atoms with Crippen LogP contribution in [0.1, 0.15) is 5.56 Å². The van der Waals surface area contributed by atoms with Gasteiger partial charge in [0, 0.05) is 4.47 Å². The summed E-state index contributed by atoms with van der Waals surface area (Å²) in [4.78, 5) is 11.0. The molecule has 1 aromatic carbocycles. The molecular weight excluding hydrogens is 274 g/mol. The van der Waals surface area contributed by atoms with E-state index in [0.717, 1.165) is 22.2 Å². The van der Waals surface area contributed by atoms with Gasteiger partial charge in [-0.2, -0.15) is 0 Å². The number of amides is 1. The molecule has 16 heavy (non-hydrogen) atoms. The van der Waals surface area contributed by atoms with Crippen molar-refractivity contribution in [3.63, 3.8) is 0 Å². The summed E-state index contributed by atoms with van der Waals surface area (Å²) in [5, 5.41) is 2.73. The Hall–Kier alpha value is -1.23. The van der Waals surface area contributed by atoms with Gasteiger partial charge in [-0.15, -0.1) is 0 Å². The molecule has 0 aromatic heterocycles. The lowest BCUT2D eigenvalue weighted by atomic mass is 10.0. The molecule has 0 saturated heterocycles. The first-order valence-electron chi connectivity index (χ1n) is 4.95. The van der Waals surface area contributed by atoms with Crippen molar-refractivity contribution in [2.45, 2.75) is 12.5 Å². The van der Waals surface area contributed by atoms with Gasteiger partial charge in [0.1, 0.15) is 12.4 Å². The van der Waals surface area contributed by atoms with Crippen molar-refractivity contribution < 1.29 is 14.3 Å². The molecule has 1 N–H and O–H groups in total. The SMILES string of the molecule is COC(=O)NC1COc2cc(Br)ccc2C1. The molecule has 1 unspecified atom stereocenters. The zero-order chi connectivity index (χ0) is 11.5. The summed E-state index contributed by atoms with van der Waals surface area (Å²) in [6, 6.07) is 5.86. The summed E-state index contributed by atoms with van der Waals surface area (Å²) in [7, 11) is 1.35. The van der Waals surface area contributed by atoms with Crippen LogP contribution in [0.4, 0.5) is 4.79 Å². The molecule has 1 heterocycles. The highest BCUT2D eigenvalue weighted by Gasteiger charge is 2.21. The van der Waals surface area contributed by atoms with E-state index in [2.05, 4.69) is 26.0 Å². The fraction of sp³-hybridized carbons (Fsp3) is 0.364. The number of hydrogen-bond acceptors (Lipinski definition) is 3. The molecule has 1 aliphatic rings. The second-order valence-electron chi connectivity index (χ2n) is 3.60. The molecule has 0 spiro atoms. The van der Waals surface area contributed by atoms with E-state index in [1.54, 1.807) is 0 Å². The normalized spacial score (nSPS) is 18.2. The van der Waals surface area contributed by atoms with Crippen molar-refractivity contribution in [3.8, 4) is 5.75 Å². The topological polar surface area (TPSA) is 47.6 Å². The summed E-state index contributed by atoms with van der Waals surface area (Å²) in [5.74, 6) is 0.872. The first kappa shape index (κ1) is 11.3. The zero-order valence-corrected chi connectivity index (χ0v) is 10.4. The van der Waals surface area contributed by atoms with Crippen LogP contribution in [0.15, 0.2) is 22.7 Å². The van der Waals surface area contributed by atoms with E-state index >= 15 is 0 Å². The summed E-state index contributed by atoms with van der Waals surface area (Å²) >= 11 is 3.39. The number of hydrogen-bond donors (Lipinski definition) is 1. The average molecular weight is 286 g/mol. The number of ether oxygens (including phenoxy) is 2. The van der Waals surface area contributed by atoms with Crippen LogP contribution in [0, 0.1) is 0 Å². The monoisotopic (exact) mass is 285 g/mol. The van der Waals surface area contributed by atoms with Gasteiger partial charge >= 0.3 is 6.09 Å². The Morgan fingerprint density at radius 2 is 2.44 bits per heavy atom. The number of fused-ring (bicyclic) bond motifs is 1. The van der Waals surface area contributed by atoms with E-state index < -0.39 is 6.09 Å². The van der Waals surface area contributed by atoms with Gasteiger partial charge in [0.05, 0.1) is 13.2 Å². The second kappa shape index (κ2) is 4.74. The minimum atomic E-state index is -0.422. The zero-order valence-electron chi connectivity index (χ0n) is 8.83. The lowest BCUT2D eigenvalue weighted by Gasteiger charge is -2.25. The first-order chi connectivity index (χ1) is 7.69. The largest absolute Gasteiger partial charge is 0.491 e. The van der Waals surface area contributed by atoms with E-state index in [0.29, 0.717) is 6.61 Å². The van der Waals surface area contributed by atoms with E-state index in [9.17, 15) is 4.79 Å². The molecule has 0 aliphatic carbocycles. The van der Waals surface area contributed by atoms with Gasteiger partial charge in [-0.1, -0.05) is 22.0 Å². The number of rotatable bonds is 1. The van der Waals surface area contributed by atoms with Gasteiger partial charge in [-0.25, -0.2) is 4.79 Å². The first-order valence-corrected chi connectivity index (χ1v) is 5.74. The summed E-state index contributed by atoms with van der Waals surface area (Å²) in [5.41, 5.74) is 1.09. The van der Waals surface area contributed by atoms with Crippen LogP contribution in [0.25, 0.3) is 0 Å². The number of halogens is 1. The van der Waals surface area contributed by atoms with Crippen LogP contribution in [0.3, 0.4) is 0 Å². The fourth-order valence-corrected chi connectivity index (χ4v) is 2.00. The molecule has 86 valence electrons. The predicted octanol–water partition coefficient (Wildman–Crippen LogP) is 2.11. The standard InChI is InChI=1S/C11H12BrNO3/c1-15-11(14)13-9-4-7-2-3-8(12)5-10(7)16-6-9/h2-3,5,9H,4,6H2,1H3,(H,13,14). The number of carbonyl (C=O) groups excluding carboxylic acids is 1. The molecule has 0 radical (unpaired) electrons. The third kappa shape index (κ3) is 2.47. The lowest BCUT2D eigenvalue weighted by molar-refractivity contribution is 0.156. The van der Waals surface area contributed by atoms with Crippen LogP contribution in [0.2, 0.25) is 0 Å². The average Bonchev–Trinajstić information content (AvgIpc) is 2.29. The molecule has 4 nitrogen and oxygen atoms in total. The van der Waals surface area contributed by atoms with Gasteiger partial charge in [0.2, 0.25) is 0 Å². The van der Waals surface area contributed by atoms with Crippen molar-refractivity contribution in [1.82, 2.24) is 5.32 Å². The number of alkyl carbamates (subject to hydrolysis) is 1. The van der Waals surface area contributed by atoms with Gasteiger partial charge in [-0.05, 0) is 24.1 Å². The molecule has 1 aromatic rings. The molecule has 2 rings (SSSR count). The van der Waals surface area contributed by atoms with E-state index in [1.165, 1.54) is 7.11 Å². The highest BCUT2D eigenvalue weighted by atomic mass is 79.9. The molecule has 0 fully saturated rings. The Balaban J connectivity index is 2.06. The van der Waals surface area contributed by atoms with Crippen molar-refractivity contribution in [3.05, 3.63) is 28.2 Å². The lowest BCUT2D eigenvalue weighted by Crippen LogP contribution is -2.42. The van der Waals surface area contributed by atoms with Crippen LogP contribution in [-0.4, -0.2) is 25.9 Å². The Morgan fingerprint density at radius 1 is 1.62 bits per heavy atom. The highest BCUT2D eigenvalue weighted by molar-refractivity contribution is 9.10. The smallest absolute Gasteiger partial charge is 0.407 e.